The van der Waals surface area contributed by atoms with Crippen molar-refractivity contribution in [3.05, 3.63) is 0 Å². The van der Waals surface area contributed by atoms with Crippen LogP contribution in [0.15, 0.2) is 0 Å². The van der Waals surface area contributed by atoms with E-state index in [1.54, 1.807) is 13.6 Å². The van der Waals surface area contributed by atoms with Crippen LogP contribution in [0.25, 0.3) is 0 Å². The van der Waals surface area contributed by atoms with Gasteiger partial charge < -0.3 is 9.30 Å². The van der Waals surface area contributed by atoms with Gasteiger partial charge in [0.25, 0.3) is 0 Å². The van der Waals surface area contributed by atoms with Crippen molar-refractivity contribution in [3.63, 3.8) is 0 Å². The maximum absolute atomic E-state index is 12.1. The third-order valence-electron chi connectivity index (χ3n) is 2.44. The molecule has 17 heavy (non-hydrogen) atoms. The van der Waals surface area contributed by atoms with Crippen molar-refractivity contribution in [2.75, 3.05) is 13.3 Å². The lowest BCUT2D eigenvalue weighted by atomic mass is 9.99. The molecule has 1 unspecified atom stereocenters. The Morgan fingerprint density at radius 2 is 1.76 bits per heavy atom. The normalized spacial score (nSPS) is 17.6. The highest BCUT2D eigenvalue weighted by atomic mass is 31.2. The molecule has 0 saturated carbocycles. The Balaban J connectivity index is 4.29. The first-order chi connectivity index (χ1) is 7.46. The van der Waals surface area contributed by atoms with Gasteiger partial charge in [0.05, 0.1) is 6.61 Å². The number of nitrogens with one attached hydrogen (secondary N) is 1. The van der Waals surface area contributed by atoms with Crippen molar-refractivity contribution in [2.45, 2.75) is 53.2 Å². The van der Waals surface area contributed by atoms with Gasteiger partial charge in [-0.15, -0.1) is 0 Å². The predicted molar refractivity (Wildman–Crippen MR) is 71.7 cm³/mol. The topological polar surface area (TPSA) is 55.4 Å². The van der Waals surface area contributed by atoms with Crippen LogP contribution in [0.2, 0.25) is 0 Å². The first-order valence-corrected chi connectivity index (χ1v) is 8.19. The molecule has 4 nitrogen and oxygen atoms in total. The number of hydrogen-bond donors (Lipinski definition) is 1. The van der Waals surface area contributed by atoms with Crippen LogP contribution in [0.4, 0.5) is 0 Å². The average molecular weight is 263 g/mol. The molecule has 0 heterocycles. The number of carbonyl (C=O) groups excluding carboxylic acids is 1. The van der Waals surface area contributed by atoms with E-state index >= 15 is 0 Å². The van der Waals surface area contributed by atoms with Crippen LogP contribution in [0, 0.1) is 5.41 Å². The summed E-state index contributed by atoms with van der Waals surface area (Å²) in [7, 11) is -2.49. The summed E-state index contributed by atoms with van der Waals surface area (Å²) < 4.78 is 17.3. The number of esters is 1. The summed E-state index contributed by atoms with van der Waals surface area (Å²) >= 11 is 0. The zero-order chi connectivity index (χ0) is 13.9. The van der Waals surface area contributed by atoms with E-state index in [1.165, 1.54) is 0 Å². The van der Waals surface area contributed by atoms with E-state index in [2.05, 4.69) is 5.09 Å². The smallest absolute Gasteiger partial charge is 0.323 e. The highest BCUT2D eigenvalue weighted by Crippen LogP contribution is 2.42. The second-order valence-electron chi connectivity index (χ2n) is 6.10. The van der Waals surface area contributed by atoms with E-state index in [4.69, 9.17) is 4.74 Å². The summed E-state index contributed by atoms with van der Waals surface area (Å²) in [6.45, 7) is 13.5. The van der Waals surface area contributed by atoms with E-state index < -0.39 is 13.3 Å². The lowest BCUT2D eigenvalue weighted by Gasteiger charge is -2.24. The van der Waals surface area contributed by atoms with Gasteiger partial charge in [-0.25, -0.2) is 0 Å². The number of hydrogen-bond acceptors (Lipinski definition) is 3. The highest BCUT2D eigenvalue weighted by molar-refractivity contribution is 7.61. The van der Waals surface area contributed by atoms with Gasteiger partial charge in [0.2, 0.25) is 0 Å². The van der Waals surface area contributed by atoms with Crippen molar-refractivity contribution in [3.8, 4) is 0 Å². The Labute approximate surface area is 105 Å². The molecule has 0 bridgehead atoms. The first-order valence-electron chi connectivity index (χ1n) is 5.97. The fraction of sp³-hybridized carbons (Fsp3) is 0.917. The minimum atomic E-state index is -2.49. The largest absolute Gasteiger partial charge is 0.464 e. The molecule has 0 saturated heterocycles. The molecule has 0 rings (SSSR count). The standard InChI is InChI=1S/C12H26NO3P/c1-9(2)17(7,15)13-10(3)11(14)16-8-12(4,5)6/h9-10H,8H2,1-7H3,(H,13,15)/t10-,17?/m1/s1. The molecule has 0 aliphatic heterocycles. The van der Waals surface area contributed by atoms with Gasteiger partial charge >= 0.3 is 5.97 Å². The van der Waals surface area contributed by atoms with Crippen LogP contribution in [0.5, 0.6) is 0 Å². The molecule has 0 fully saturated rings. The lowest BCUT2D eigenvalue weighted by Crippen LogP contribution is -2.36. The van der Waals surface area contributed by atoms with Crippen molar-refractivity contribution >= 4 is 13.3 Å². The summed E-state index contributed by atoms with van der Waals surface area (Å²) in [6.07, 6.45) is 0. The van der Waals surface area contributed by atoms with E-state index in [-0.39, 0.29) is 17.0 Å². The van der Waals surface area contributed by atoms with Crippen LogP contribution in [-0.4, -0.2) is 30.9 Å². The zero-order valence-corrected chi connectivity index (χ0v) is 12.9. The summed E-state index contributed by atoms with van der Waals surface area (Å²) in [6, 6.07) is -0.532. The molecule has 102 valence electrons. The minimum Gasteiger partial charge on any atom is -0.464 e. The maximum Gasteiger partial charge on any atom is 0.323 e. The fourth-order valence-electron chi connectivity index (χ4n) is 0.999. The monoisotopic (exact) mass is 263 g/mol. The van der Waals surface area contributed by atoms with E-state index in [9.17, 15) is 9.36 Å². The summed E-state index contributed by atoms with van der Waals surface area (Å²) in [5.74, 6) is -0.345. The van der Waals surface area contributed by atoms with Crippen LogP contribution in [-0.2, 0) is 14.1 Å². The number of carbonyl (C=O) groups is 1. The molecule has 0 aliphatic carbocycles. The summed E-state index contributed by atoms with van der Waals surface area (Å²) in [5, 5.41) is 2.87. The van der Waals surface area contributed by atoms with Gasteiger partial charge in [-0.3, -0.25) is 9.88 Å². The van der Waals surface area contributed by atoms with Crippen LogP contribution < -0.4 is 5.09 Å². The molecular weight excluding hydrogens is 237 g/mol. The molecule has 0 spiro atoms. The van der Waals surface area contributed by atoms with Crippen molar-refractivity contribution < 1.29 is 14.1 Å². The highest BCUT2D eigenvalue weighted by Gasteiger charge is 2.26. The van der Waals surface area contributed by atoms with Gasteiger partial charge in [-0.05, 0) is 12.3 Å². The quantitative estimate of drug-likeness (QED) is 0.612. The van der Waals surface area contributed by atoms with Gasteiger partial charge in [0.15, 0.2) is 0 Å². The Morgan fingerprint density at radius 3 is 2.12 bits per heavy atom. The van der Waals surface area contributed by atoms with E-state index in [0.29, 0.717) is 6.61 Å². The average Bonchev–Trinajstić information content (AvgIpc) is 2.11. The van der Waals surface area contributed by atoms with Crippen LogP contribution in [0.3, 0.4) is 0 Å². The Hall–Kier alpha value is -0.340. The predicted octanol–water partition coefficient (Wildman–Crippen LogP) is 2.87. The molecule has 5 heteroatoms. The van der Waals surface area contributed by atoms with Gasteiger partial charge in [-0.2, -0.15) is 0 Å². The minimum absolute atomic E-state index is 0.0142. The molecule has 0 radical (unpaired) electrons. The SMILES string of the molecule is CC(C)P(C)(=O)N[C@H](C)C(=O)OCC(C)(C)C. The van der Waals surface area contributed by atoms with Crippen molar-refractivity contribution in [2.24, 2.45) is 5.41 Å². The summed E-state index contributed by atoms with van der Waals surface area (Å²) in [4.78, 5) is 11.7. The second-order valence-corrected chi connectivity index (χ2v) is 9.37. The first kappa shape index (κ1) is 16.7. The van der Waals surface area contributed by atoms with Gasteiger partial charge in [-0.1, -0.05) is 34.6 Å². The molecule has 2 atom stereocenters. The van der Waals surface area contributed by atoms with E-state index in [1.807, 2.05) is 34.6 Å². The Bertz CT molecular complexity index is 307. The third kappa shape index (κ3) is 6.85. The molecule has 0 aromatic heterocycles. The molecule has 0 amide bonds. The fourth-order valence-corrected chi connectivity index (χ4v) is 2.17. The van der Waals surface area contributed by atoms with Crippen molar-refractivity contribution in [1.82, 2.24) is 5.09 Å². The van der Waals surface area contributed by atoms with Gasteiger partial charge in [0, 0.05) is 12.3 Å². The molecule has 0 aromatic rings. The summed E-state index contributed by atoms with van der Waals surface area (Å²) in [5.41, 5.74) is -0.0380. The molecule has 0 aromatic carbocycles. The lowest BCUT2D eigenvalue weighted by molar-refractivity contribution is -0.147. The van der Waals surface area contributed by atoms with E-state index in [0.717, 1.165) is 0 Å². The maximum atomic E-state index is 12.1. The number of rotatable bonds is 5. The van der Waals surface area contributed by atoms with Crippen LogP contribution in [0.1, 0.15) is 41.5 Å². The van der Waals surface area contributed by atoms with Crippen LogP contribution >= 0.6 is 7.29 Å². The molecule has 0 aliphatic rings. The van der Waals surface area contributed by atoms with Gasteiger partial charge in [0.1, 0.15) is 13.3 Å². The third-order valence-corrected chi connectivity index (χ3v) is 5.31. The molecule has 1 N–H and O–H groups in total. The Morgan fingerprint density at radius 1 is 1.29 bits per heavy atom. The second kappa shape index (κ2) is 6.01. The zero-order valence-electron chi connectivity index (χ0n) is 12.0. The van der Waals surface area contributed by atoms with Crippen molar-refractivity contribution in [1.29, 1.82) is 0 Å². The Kier molecular flexibility index (Phi) is 5.89. The number of ether oxygens (including phenoxy) is 1. The molecular formula is C12H26NO3P.